The minimum atomic E-state index is -0.992. The number of aliphatic hydroxyl groups excluding tert-OH is 2. The van der Waals surface area contributed by atoms with Crippen LogP contribution in [0.15, 0.2) is 41.4 Å². The smallest absolute Gasteiger partial charge is 0.203 e. The lowest BCUT2D eigenvalue weighted by Gasteiger charge is -2.15. The standard InChI is InChI=1S/C23H24FNO6S/c1-29-19-6-13(7-20(30-2)23(19)31-3)22(28)21(32-12-16(27)11-26)8-14-10-25-18-9-15(24)4-5-17(14)18/h4-10,16,25-27H,11-12H2,1-3H3. The van der Waals surface area contributed by atoms with Crippen LogP contribution in [0.5, 0.6) is 17.2 Å². The highest BCUT2D eigenvalue weighted by molar-refractivity contribution is 8.04. The normalized spacial score (nSPS) is 12.6. The summed E-state index contributed by atoms with van der Waals surface area (Å²) in [5, 5.41) is 19.7. The van der Waals surface area contributed by atoms with Crippen LogP contribution in [-0.2, 0) is 0 Å². The average molecular weight is 462 g/mol. The van der Waals surface area contributed by atoms with E-state index in [-0.39, 0.29) is 17.4 Å². The molecule has 0 amide bonds. The first-order chi connectivity index (χ1) is 15.4. The van der Waals surface area contributed by atoms with Gasteiger partial charge in [0, 0.05) is 34.0 Å². The van der Waals surface area contributed by atoms with Crippen molar-refractivity contribution in [1.29, 1.82) is 0 Å². The molecule has 3 N–H and O–H groups in total. The Bertz CT molecular complexity index is 1120. The number of nitrogens with one attached hydrogen (secondary N) is 1. The van der Waals surface area contributed by atoms with E-state index in [9.17, 15) is 14.3 Å². The largest absolute Gasteiger partial charge is 0.493 e. The maximum atomic E-state index is 13.5. The zero-order valence-electron chi connectivity index (χ0n) is 17.8. The third-order valence-electron chi connectivity index (χ3n) is 4.76. The fourth-order valence-corrected chi connectivity index (χ4v) is 4.08. The van der Waals surface area contributed by atoms with Gasteiger partial charge in [-0.3, -0.25) is 4.79 Å². The summed E-state index contributed by atoms with van der Waals surface area (Å²) in [5.74, 6) is 0.421. The molecule has 1 unspecified atom stereocenters. The number of ether oxygens (including phenoxy) is 3. The Morgan fingerprint density at radius 2 is 1.84 bits per heavy atom. The van der Waals surface area contributed by atoms with E-state index in [1.807, 2.05) is 0 Å². The topological polar surface area (TPSA) is 101 Å². The highest BCUT2D eigenvalue weighted by Crippen LogP contribution is 2.39. The van der Waals surface area contributed by atoms with E-state index in [1.165, 1.54) is 33.5 Å². The minimum absolute atomic E-state index is 0.107. The number of hydrogen-bond donors (Lipinski definition) is 3. The van der Waals surface area contributed by atoms with E-state index < -0.39 is 12.7 Å². The van der Waals surface area contributed by atoms with Crippen molar-refractivity contribution in [3.63, 3.8) is 0 Å². The summed E-state index contributed by atoms with van der Waals surface area (Å²) in [6.07, 6.45) is 2.35. The number of thioether (sulfide) groups is 1. The van der Waals surface area contributed by atoms with Crippen molar-refractivity contribution in [2.24, 2.45) is 0 Å². The number of aliphatic hydroxyl groups is 2. The van der Waals surface area contributed by atoms with Crippen molar-refractivity contribution in [1.82, 2.24) is 4.98 Å². The molecule has 170 valence electrons. The van der Waals surface area contributed by atoms with Gasteiger partial charge < -0.3 is 29.4 Å². The summed E-state index contributed by atoms with van der Waals surface area (Å²) < 4.78 is 29.5. The van der Waals surface area contributed by atoms with E-state index in [1.54, 1.807) is 30.5 Å². The number of allylic oxidation sites excluding steroid dienone is 1. The quantitative estimate of drug-likeness (QED) is 0.313. The molecular formula is C23H24FNO6S. The van der Waals surface area contributed by atoms with Gasteiger partial charge in [-0.25, -0.2) is 4.39 Å². The second kappa shape index (κ2) is 10.5. The maximum Gasteiger partial charge on any atom is 0.203 e. The number of H-pyrrole nitrogens is 1. The number of carbonyl (C=O) groups is 1. The van der Waals surface area contributed by atoms with Crippen LogP contribution in [0.25, 0.3) is 17.0 Å². The summed E-state index contributed by atoms with van der Waals surface area (Å²) in [7, 11) is 4.39. The lowest BCUT2D eigenvalue weighted by atomic mass is 10.1. The number of carbonyl (C=O) groups excluding carboxylic acids is 1. The molecule has 0 aliphatic heterocycles. The third kappa shape index (κ3) is 5.07. The number of hydrogen-bond acceptors (Lipinski definition) is 7. The van der Waals surface area contributed by atoms with Crippen LogP contribution >= 0.6 is 11.8 Å². The molecule has 3 aromatic rings. The van der Waals surface area contributed by atoms with Crippen molar-refractivity contribution in [2.45, 2.75) is 6.10 Å². The number of rotatable bonds is 10. The van der Waals surface area contributed by atoms with Crippen molar-refractivity contribution in [3.8, 4) is 17.2 Å². The van der Waals surface area contributed by atoms with Crippen molar-refractivity contribution in [2.75, 3.05) is 33.7 Å². The molecule has 1 atom stereocenters. The van der Waals surface area contributed by atoms with E-state index in [0.717, 1.165) is 17.1 Å². The predicted molar refractivity (Wildman–Crippen MR) is 122 cm³/mol. The molecule has 0 saturated carbocycles. The number of aromatic nitrogens is 1. The van der Waals surface area contributed by atoms with E-state index in [0.29, 0.717) is 38.8 Å². The van der Waals surface area contributed by atoms with Gasteiger partial charge in [-0.2, -0.15) is 0 Å². The van der Waals surface area contributed by atoms with E-state index >= 15 is 0 Å². The van der Waals surface area contributed by atoms with Crippen LogP contribution in [0.4, 0.5) is 4.39 Å². The van der Waals surface area contributed by atoms with Crippen LogP contribution < -0.4 is 14.2 Å². The number of Topliss-reactive ketones (excluding diaryl/α,β-unsaturated/α-hetero) is 1. The van der Waals surface area contributed by atoms with Crippen LogP contribution in [-0.4, -0.2) is 60.8 Å². The third-order valence-corrected chi connectivity index (χ3v) is 5.92. The molecule has 2 aromatic carbocycles. The number of benzene rings is 2. The number of ketones is 1. The first kappa shape index (κ1) is 23.6. The molecule has 1 heterocycles. The molecule has 0 bridgehead atoms. The zero-order valence-corrected chi connectivity index (χ0v) is 18.7. The van der Waals surface area contributed by atoms with Crippen LogP contribution in [0.3, 0.4) is 0 Å². The Kier molecular flexibility index (Phi) is 7.79. The summed E-state index contributed by atoms with van der Waals surface area (Å²) in [4.78, 5) is 16.7. The van der Waals surface area contributed by atoms with Gasteiger partial charge in [-0.1, -0.05) is 0 Å². The van der Waals surface area contributed by atoms with Gasteiger partial charge in [0.1, 0.15) is 5.82 Å². The minimum Gasteiger partial charge on any atom is -0.493 e. The average Bonchev–Trinajstić information content (AvgIpc) is 3.21. The summed E-state index contributed by atoms with van der Waals surface area (Å²) in [6.45, 7) is -0.426. The van der Waals surface area contributed by atoms with Crippen molar-refractivity contribution >= 4 is 34.5 Å². The number of fused-ring (bicyclic) bond motifs is 1. The van der Waals surface area contributed by atoms with Crippen LogP contribution in [0, 0.1) is 5.82 Å². The fourth-order valence-electron chi connectivity index (χ4n) is 3.15. The first-order valence-electron chi connectivity index (χ1n) is 9.66. The van der Waals surface area contributed by atoms with E-state index in [4.69, 9.17) is 19.3 Å². The lowest BCUT2D eigenvalue weighted by Crippen LogP contribution is -2.16. The molecule has 7 nitrogen and oxygen atoms in total. The van der Waals surface area contributed by atoms with Gasteiger partial charge in [0.25, 0.3) is 0 Å². The summed E-state index contributed by atoms with van der Waals surface area (Å²) in [6, 6.07) is 7.44. The van der Waals surface area contributed by atoms with Crippen LogP contribution in [0.2, 0.25) is 0 Å². The molecule has 1 aromatic heterocycles. The van der Waals surface area contributed by atoms with Gasteiger partial charge in [-0.15, -0.1) is 11.8 Å². The molecule has 0 aliphatic carbocycles. The second-order valence-electron chi connectivity index (χ2n) is 6.83. The SMILES string of the molecule is COc1cc(C(=O)C(=Cc2c[nH]c3cc(F)ccc23)SCC(O)CO)cc(OC)c1OC. The molecular weight excluding hydrogens is 437 g/mol. The fraction of sp³-hybridized carbons (Fsp3) is 0.261. The van der Waals surface area contributed by atoms with E-state index in [2.05, 4.69) is 4.98 Å². The number of halogens is 1. The summed E-state index contributed by atoms with van der Waals surface area (Å²) >= 11 is 1.10. The monoisotopic (exact) mass is 461 g/mol. The van der Waals surface area contributed by atoms with Crippen LogP contribution in [0.1, 0.15) is 15.9 Å². The van der Waals surface area contributed by atoms with Gasteiger partial charge in [0.2, 0.25) is 5.75 Å². The first-order valence-corrected chi connectivity index (χ1v) is 10.6. The lowest BCUT2D eigenvalue weighted by molar-refractivity contribution is 0.104. The second-order valence-corrected chi connectivity index (χ2v) is 7.89. The molecule has 32 heavy (non-hydrogen) atoms. The Labute approximate surface area is 188 Å². The molecule has 0 spiro atoms. The van der Waals surface area contributed by atoms with Gasteiger partial charge in [-0.05, 0) is 36.4 Å². The highest BCUT2D eigenvalue weighted by Gasteiger charge is 2.21. The van der Waals surface area contributed by atoms with Crippen molar-refractivity contribution < 1.29 is 33.6 Å². The number of aromatic amines is 1. The highest BCUT2D eigenvalue weighted by atomic mass is 32.2. The Hall–Kier alpha value is -3.01. The van der Waals surface area contributed by atoms with Gasteiger partial charge >= 0.3 is 0 Å². The molecule has 0 aliphatic rings. The Morgan fingerprint density at radius 3 is 2.44 bits per heavy atom. The Morgan fingerprint density at radius 1 is 1.16 bits per heavy atom. The zero-order chi connectivity index (χ0) is 23.3. The molecule has 3 rings (SSSR count). The molecule has 0 saturated heterocycles. The molecule has 0 radical (unpaired) electrons. The summed E-state index contributed by atoms with van der Waals surface area (Å²) in [5.41, 5.74) is 1.57. The number of methoxy groups -OCH3 is 3. The van der Waals surface area contributed by atoms with Crippen molar-refractivity contribution in [3.05, 3.63) is 58.4 Å². The molecule has 9 heteroatoms. The van der Waals surface area contributed by atoms with Gasteiger partial charge in [0.15, 0.2) is 17.3 Å². The Balaban J connectivity index is 2.07. The maximum absolute atomic E-state index is 13.5. The predicted octanol–water partition coefficient (Wildman–Crippen LogP) is 3.64. The molecule has 0 fully saturated rings. The van der Waals surface area contributed by atoms with Gasteiger partial charge in [0.05, 0.1) is 38.9 Å².